The third kappa shape index (κ3) is 2.44. The standard InChI is InChI=1S/C12H9F3N2O2/c1-2-7-19-11(18)17-9-6-4-3-5-8(9)16-10(17)12(13,14)15/h2-6H,1,7H2. The summed E-state index contributed by atoms with van der Waals surface area (Å²) in [5.41, 5.74) is 0.120. The molecule has 0 amide bonds. The molecule has 0 saturated carbocycles. The van der Waals surface area contributed by atoms with E-state index in [-0.39, 0.29) is 17.6 Å². The van der Waals surface area contributed by atoms with Crippen molar-refractivity contribution in [3.63, 3.8) is 0 Å². The number of aromatic nitrogens is 2. The highest BCUT2D eigenvalue weighted by Gasteiger charge is 2.39. The summed E-state index contributed by atoms with van der Waals surface area (Å²) in [6.07, 6.45) is -4.61. The molecule has 0 bridgehead atoms. The second kappa shape index (κ2) is 4.75. The lowest BCUT2D eigenvalue weighted by molar-refractivity contribution is -0.146. The Morgan fingerprint density at radius 3 is 2.74 bits per heavy atom. The van der Waals surface area contributed by atoms with Crippen LogP contribution in [-0.2, 0) is 10.9 Å². The molecule has 0 N–H and O–H groups in total. The average molecular weight is 270 g/mol. The van der Waals surface area contributed by atoms with E-state index in [4.69, 9.17) is 0 Å². The highest BCUT2D eigenvalue weighted by molar-refractivity contribution is 5.87. The Labute approximate surface area is 106 Å². The monoisotopic (exact) mass is 270 g/mol. The molecule has 4 nitrogen and oxygen atoms in total. The Morgan fingerprint density at radius 1 is 1.42 bits per heavy atom. The minimum atomic E-state index is -4.74. The minimum absolute atomic E-state index is 0.0453. The first-order valence-corrected chi connectivity index (χ1v) is 5.28. The molecule has 0 fully saturated rings. The SMILES string of the molecule is C=CCOC(=O)n1c(C(F)(F)F)nc2ccccc21. The zero-order valence-electron chi connectivity index (χ0n) is 9.65. The Bertz CT molecular complexity index is 631. The molecule has 0 aliphatic rings. The summed E-state index contributed by atoms with van der Waals surface area (Å²) in [5, 5.41) is 0. The Balaban J connectivity index is 2.61. The number of benzene rings is 1. The highest BCUT2D eigenvalue weighted by atomic mass is 19.4. The molecule has 0 atom stereocenters. The van der Waals surface area contributed by atoms with Gasteiger partial charge in [-0.25, -0.2) is 14.3 Å². The predicted octanol–water partition coefficient (Wildman–Crippen LogP) is 3.23. The summed E-state index contributed by atoms with van der Waals surface area (Å²) in [4.78, 5) is 15.1. The molecular weight excluding hydrogens is 261 g/mol. The van der Waals surface area contributed by atoms with Gasteiger partial charge in [-0.15, -0.1) is 0 Å². The quantitative estimate of drug-likeness (QED) is 0.787. The Hall–Kier alpha value is -2.31. The minimum Gasteiger partial charge on any atom is -0.445 e. The first-order valence-electron chi connectivity index (χ1n) is 5.28. The van der Waals surface area contributed by atoms with Gasteiger partial charge in [-0.2, -0.15) is 13.2 Å². The summed E-state index contributed by atoms with van der Waals surface area (Å²) in [5.74, 6) is -1.30. The van der Waals surface area contributed by atoms with Crippen LogP contribution in [0.25, 0.3) is 11.0 Å². The van der Waals surface area contributed by atoms with E-state index in [0.717, 1.165) is 0 Å². The second-order valence-electron chi connectivity index (χ2n) is 3.62. The lowest BCUT2D eigenvalue weighted by atomic mass is 10.3. The number of hydrogen-bond donors (Lipinski definition) is 0. The van der Waals surface area contributed by atoms with E-state index >= 15 is 0 Å². The smallest absolute Gasteiger partial charge is 0.445 e. The lowest BCUT2D eigenvalue weighted by Crippen LogP contribution is -2.22. The van der Waals surface area contributed by atoms with Crippen molar-refractivity contribution in [1.82, 2.24) is 9.55 Å². The van der Waals surface area contributed by atoms with Crippen LogP contribution in [0.3, 0.4) is 0 Å². The van der Waals surface area contributed by atoms with Crippen LogP contribution < -0.4 is 0 Å². The fourth-order valence-electron chi connectivity index (χ4n) is 1.60. The van der Waals surface area contributed by atoms with Gasteiger partial charge in [0.1, 0.15) is 6.61 Å². The molecule has 1 heterocycles. The maximum absolute atomic E-state index is 12.9. The van der Waals surface area contributed by atoms with Crippen molar-refractivity contribution in [2.45, 2.75) is 6.18 Å². The van der Waals surface area contributed by atoms with Crippen molar-refractivity contribution < 1.29 is 22.7 Å². The largest absolute Gasteiger partial charge is 0.450 e. The number of nitrogens with zero attached hydrogens (tertiary/aromatic N) is 2. The lowest BCUT2D eigenvalue weighted by Gasteiger charge is -2.09. The number of hydrogen-bond acceptors (Lipinski definition) is 3. The summed E-state index contributed by atoms with van der Waals surface area (Å²) in [6, 6.07) is 5.81. The normalized spacial score (nSPS) is 11.5. The van der Waals surface area contributed by atoms with Gasteiger partial charge in [0, 0.05) is 0 Å². The van der Waals surface area contributed by atoms with Crippen molar-refractivity contribution in [2.24, 2.45) is 0 Å². The first kappa shape index (κ1) is 13.1. The van der Waals surface area contributed by atoms with E-state index in [1.165, 1.54) is 30.3 Å². The van der Waals surface area contributed by atoms with Gasteiger partial charge in [0.2, 0.25) is 5.82 Å². The van der Waals surface area contributed by atoms with E-state index in [1.807, 2.05) is 0 Å². The molecule has 0 spiro atoms. The molecule has 0 saturated heterocycles. The van der Waals surface area contributed by atoms with Crippen molar-refractivity contribution in [1.29, 1.82) is 0 Å². The van der Waals surface area contributed by atoms with Crippen LogP contribution in [0.5, 0.6) is 0 Å². The topological polar surface area (TPSA) is 44.1 Å². The number of halogens is 3. The zero-order chi connectivity index (χ0) is 14.0. The maximum atomic E-state index is 12.9. The number of fused-ring (bicyclic) bond motifs is 1. The number of alkyl halides is 3. The van der Waals surface area contributed by atoms with E-state index in [1.54, 1.807) is 0 Å². The van der Waals surface area contributed by atoms with Crippen molar-refractivity contribution in [3.8, 4) is 0 Å². The van der Waals surface area contributed by atoms with E-state index < -0.39 is 18.1 Å². The number of imidazole rings is 1. The van der Waals surface area contributed by atoms with E-state index in [9.17, 15) is 18.0 Å². The van der Waals surface area contributed by atoms with Gasteiger partial charge in [-0.05, 0) is 12.1 Å². The van der Waals surface area contributed by atoms with Gasteiger partial charge in [0.25, 0.3) is 0 Å². The molecule has 19 heavy (non-hydrogen) atoms. The van der Waals surface area contributed by atoms with Gasteiger partial charge < -0.3 is 4.74 Å². The van der Waals surface area contributed by atoms with E-state index in [2.05, 4.69) is 16.3 Å². The number of para-hydroxylation sites is 2. The molecule has 0 radical (unpaired) electrons. The maximum Gasteiger partial charge on any atom is 0.450 e. The van der Waals surface area contributed by atoms with Crippen molar-refractivity contribution in [3.05, 3.63) is 42.7 Å². The second-order valence-corrected chi connectivity index (χ2v) is 3.62. The summed E-state index contributed by atoms with van der Waals surface area (Å²) < 4.78 is 43.6. The number of carbonyl (C=O) groups excluding carboxylic acids is 1. The van der Waals surface area contributed by atoms with Gasteiger partial charge in [-0.1, -0.05) is 24.8 Å². The molecule has 2 aromatic rings. The fourth-order valence-corrected chi connectivity index (χ4v) is 1.60. The third-order valence-electron chi connectivity index (χ3n) is 2.32. The van der Waals surface area contributed by atoms with Crippen LogP contribution in [0.1, 0.15) is 5.82 Å². The molecule has 2 rings (SSSR count). The van der Waals surface area contributed by atoms with Crippen LogP contribution in [0, 0.1) is 0 Å². The molecular formula is C12H9F3N2O2. The van der Waals surface area contributed by atoms with E-state index in [0.29, 0.717) is 4.57 Å². The van der Waals surface area contributed by atoms with Gasteiger partial charge >= 0.3 is 12.3 Å². The fraction of sp³-hybridized carbons (Fsp3) is 0.167. The molecule has 7 heteroatoms. The van der Waals surface area contributed by atoms with Crippen LogP contribution >= 0.6 is 0 Å². The van der Waals surface area contributed by atoms with Crippen LogP contribution in [0.15, 0.2) is 36.9 Å². The highest BCUT2D eigenvalue weighted by Crippen LogP contribution is 2.31. The van der Waals surface area contributed by atoms with Gasteiger partial charge in [0.05, 0.1) is 11.0 Å². The Morgan fingerprint density at radius 2 is 2.11 bits per heavy atom. The zero-order valence-corrected chi connectivity index (χ0v) is 9.65. The van der Waals surface area contributed by atoms with Crippen molar-refractivity contribution >= 4 is 17.1 Å². The number of ether oxygens (including phenoxy) is 1. The summed E-state index contributed by atoms with van der Waals surface area (Å²) >= 11 is 0. The van der Waals surface area contributed by atoms with Crippen molar-refractivity contribution in [2.75, 3.05) is 6.61 Å². The van der Waals surface area contributed by atoms with Crippen LogP contribution in [0.4, 0.5) is 18.0 Å². The third-order valence-corrected chi connectivity index (χ3v) is 2.32. The van der Waals surface area contributed by atoms with Crippen LogP contribution in [0.2, 0.25) is 0 Å². The molecule has 0 aliphatic heterocycles. The molecule has 0 aliphatic carbocycles. The first-order chi connectivity index (χ1) is 8.95. The summed E-state index contributed by atoms with van der Waals surface area (Å²) in [7, 11) is 0. The number of carbonyl (C=O) groups is 1. The molecule has 1 aromatic heterocycles. The summed E-state index contributed by atoms with van der Waals surface area (Å²) in [6.45, 7) is 3.15. The molecule has 100 valence electrons. The van der Waals surface area contributed by atoms with Gasteiger partial charge in [0.15, 0.2) is 0 Å². The molecule has 1 aromatic carbocycles. The number of rotatable bonds is 2. The average Bonchev–Trinajstić information content (AvgIpc) is 2.75. The molecule has 0 unspecified atom stereocenters. The predicted molar refractivity (Wildman–Crippen MR) is 61.7 cm³/mol. The van der Waals surface area contributed by atoms with Crippen LogP contribution in [-0.4, -0.2) is 22.3 Å². The Kier molecular flexibility index (Phi) is 3.28. The van der Waals surface area contributed by atoms with Gasteiger partial charge in [-0.3, -0.25) is 0 Å².